The second-order valence-corrected chi connectivity index (χ2v) is 2.65. The number of hydrogen-bond donors (Lipinski definition) is 0. The zero-order valence-electron chi connectivity index (χ0n) is 7.29. The van der Waals surface area contributed by atoms with Gasteiger partial charge in [-0.25, -0.2) is 0 Å². The highest BCUT2D eigenvalue weighted by Gasteiger charge is 2.11. The molecule has 69 valence electrons. The Kier molecular flexibility index (Phi) is 2.25. The fraction of sp³-hybridized carbons (Fsp3) is 0.300. The van der Waals surface area contributed by atoms with E-state index in [4.69, 9.17) is 14.2 Å². The molecular weight excluding hydrogens is 168 g/mol. The van der Waals surface area contributed by atoms with E-state index in [2.05, 4.69) is 6.92 Å². The molecule has 0 saturated heterocycles. The summed E-state index contributed by atoms with van der Waals surface area (Å²) in [5, 5.41) is 0. The molecule has 0 saturated carbocycles. The van der Waals surface area contributed by atoms with Crippen LogP contribution in [0.15, 0.2) is 18.2 Å². The van der Waals surface area contributed by atoms with Gasteiger partial charge in [-0.1, -0.05) is 0 Å². The number of hydrogen-bond acceptors (Lipinski definition) is 3. The first kappa shape index (κ1) is 8.23. The van der Waals surface area contributed by atoms with Crippen LogP contribution in [0.4, 0.5) is 0 Å². The Morgan fingerprint density at radius 1 is 1.23 bits per heavy atom. The van der Waals surface area contributed by atoms with E-state index in [0.717, 1.165) is 17.2 Å². The molecule has 0 fully saturated rings. The highest BCUT2D eigenvalue weighted by Crippen LogP contribution is 2.33. The lowest BCUT2D eigenvalue weighted by molar-refractivity contribution is 0.170. The van der Waals surface area contributed by atoms with Crippen LogP contribution in [0, 0.1) is 6.92 Å². The summed E-state index contributed by atoms with van der Waals surface area (Å²) in [6.45, 7) is 5.23. The average Bonchev–Trinajstić information content (AvgIpc) is 2.18. The zero-order chi connectivity index (χ0) is 9.10. The molecule has 0 unspecified atom stereocenters. The molecule has 0 aromatic heterocycles. The van der Waals surface area contributed by atoms with Crippen molar-refractivity contribution in [1.29, 1.82) is 0 Å². The van der Waals surface area contributed by atoms with Crippen molar-refractivity contribution in [2.45, 2.75) is 0 Å². The third kappa shape index (κ3) is 1.69. The van der Waals surface area contributed by atoms with E-state index in [-0.39, 0.29) is 0 Å². The Labute approximate surface area is 77.2 Å². The van der Waals surface area contributed by atoms with Gasteiger partial charge in [0.1, 0.15) is 19.0 Å². The molecule has 0 atom stereocenters. The van der Waals surface area contributed by atoms with E-state index in [0.29, 0.717) is 19.8 Å². The zero-order valence-corrected chi connectivity index (χ0v) is 7.29. The Hall–Kier alpha value is -1.38. The predicted molar refractivity (Wildman–Crippen MR) is 48.3 cm³/mol. The Bertz CT molecular complexity index is 296. The molecule has 1 aliphatic heterocycles. The van der Waals surface area contributed by atoms with Crippen molar-refractivity contribution in [2.75, 3.05) is 19.8 Å². The first-order valence-electron chi connectivity index (χ1n) is 4.22. The molecule has 1 aliphatic rings. The Morgan fingerprint density at radius 2 is 2.00 bits per heavy atom. The van der Waals surface area contributed by atoms with Gasteiger partial charge in [0.25, 0.3) is 0 Å². The second kappa shape index (κ2) is 3.56. The van der Waals surface area contributed by atoms with Gasteiger partial charge in [-0.3, -0.25) is 0 Å². The third-order valence-corrected chi connectivity index (χ3v) is 1.78. The van der Waals surface area contributed by atoms with E-state index in [9.17, 15) is 0 Å². The van der Waals surface area contributed by atoms with E-state index in [1.54, 1.807) is 0 Å². The minimum Gasteiger partial charge on any atom is -0.493 e. The summed E-state index contributed by atoms with van der Waals surface area (Å²) >= 11 is 0. The maximum absolute atomic E-state index is 5.39. The van der Waals surface area contributed by atoms with Crippen LogP contribution in [0.1, 0.15) is 0 Å². The minimum absolute atomic E-state index is 0.416. The summed E-state index contributed by atoms with van der Waals surface area (Å²) < 4.78 is 16.0. The molecule has 2 rings (SSSR count). The van der Waals surface area contributed by atoms with E-state index in [1.165, 1.54) is 0 Å². The first-order chi connectivity index (χ1) is 6.40. The van der Waals surface area contributed by atoms with Crippen molar-refractivity contribution in [1.82, 2.24) is 0 Å². The molecule has 0 amide bonds. The fourth-order valence-electron chi connectivity index (χ4n) is 1.23. The quantitative estimate of drug-likeness (QED) is 0.691. The molecule has 13 heavy (non-hydrogen) atoms. The summed E-state index contributed by atoms with van der Waals surface area (Å²) in [7, 11) is 0. The van der Waals surface area contributed by atoms with Gasteiger partial charge in [-0.2, -0.15) is 0 Å². The van der Waals surface area contributed by atoms with Crippen LogP contribution in [-0.2, 0) is 0 Å². The van der Waals surface area contributed by atoms with Gasteiger partial charge >= 0.3 is 0 Å². The molecule has 0 bridgehead atoms. The van der Waals surface area contributed by atoms with Crippen molar-refractivity contribution in [3.63, 3.8) is 0 Å². The van der Waals surface area contributed by atoms with Crippen LogP contribution in [0.2, 0.25) is 0 Å². The maximum atomic E-state index is 5.39. The van der Waals surface area contributed by atoms with Gasteiger partial charge in [0.05, 0.1) is 6.61 Å². The Morgan fingerprint density at radius 3 is 2.77 bits per heavy atom. The summed E-state index contributed by atoms with van der Waals surface area (Å²) in [5.74, 6) is 2.29. The van der Waals surface area contributed by atoms with Crippen molar-refractivity contribution >= 4 is 0 Å². The van der Waals surface area contributed by atoms with Gasteiger partial charge in [0, 0.05) is 6.07 Å². The first-order valence-corrected chi connectivity index (χ1v) is 4.22. The molecule has 3 nitrogen and oxygen atoms in total. The van der Waals surface area contributed by atoms with E-state index >= 15 is 0 Å². The monoisotopic (exact) mass is 179 g/mol. The standard InChI is InChI=1S/C10H11O3/c1-2-11-8-3-4-9-10(7-8)13-6-5-12-9/h3-4,7H,1-2,5-6H2. The van der Waals surface area contributed by atoms with Crippen molar-refractivity contribution in [3.05, 3.63) is 25.1 Å². The lowest BCUT2D eigenvalue weighted by Gasteiger charge is -2.18. The van der Waals surface area contributed by atoms with Crippen molar-refractivity contribution < 1.29 is 14.2 Å². The molecule has 0 spiro atoms. The number of benzene rings is 1. The second-order valence-electron chi connectivity index (χ2n) is 2.65. The molecule has 1 heterocycles. The summed E-state index contributed by atoms with van der Waals surface area (Å²) in [6.07, 6.45) is 0. The van der Waals surface area contributed by atoms with Gasteiger partial charge in [0.15, 0.2) is 11.5 Å². The highest BCUT2D eigenvalue weighted by atomic mass is 16.6. The smallest absolute Gasteiger partial charge is 0.165 e. The molecule has 1 radical (unpaired) electrons. The largest absolute Gasteiger partial charge is 0.493 e. The van der Waals surface area contributed by atoms with Gasteiger partial charge in [-0.15, -0.1) is 0 Å². The lowest BCUT2D eigenvalue weighted by Crippen LogP contribution is -2.15. The molecule has 1 aromatic rings. The summed E-state index contributed by atoms with van der Waals surface area (Å²) in [4.78, 5) is 0. The van der Waals surface area contributed by atoms with Gasteiger partial charge in [0.2, 0.25) is 0 Å². The number of fused-ring (bicyclic) bond motifs is 1. The van der Waals surface area contributed by atoms with Crippen LogP contribution < -0.4 is 14.2 Å². The maximum Gasteiger partial charge on any atom is 0.165 e. The topological polar surface area (TPSA) is 27.7 Å². The van der Waals surface area contributed by atoms with Crippen LogP contribution in [0.3, 0.4) is 0 Å². The molecule has 3 heteroatoms. The highest BCUT2D eigenvalue weighted by molar-refractivity contribution is 5.46. The third-order valence-electron chi connectivity index (χ3n) is 1.78. The fourth-order valence-corrected chi connectivity index (χ4v) is 1.23. The van der Waals surface area contributed by atoms with Crippen LogP contribution in [-0.4, -0.2) is 19.8 Å². The van der Waals surface area contributed by atoms with Gasteiger partial charge in [-0.05, 0) is 19.1 Å². The van der Waals surface area contributed by atoms with Crippen molar-refractivity contribution in [3.8, 4) is 17.2 Å². The summed E-state index contributed by atoms with van der Waals surface area (Å²) in [6, 6.07) is 5.51. The summed E-state index contributed by atoms with van der Waals surface area (Å²) in [5.41, 5.74) is 0. The number of rotatable bonds is 2. The molecular formula is C10H11O3. The normalized spacial score (nSPS) is 13.9. The van der Waals surface area contributed by atoms with Crippen LogP contribution in [0.25, 0.3) is 0 Å². The van der Waals surface area contributed by atoms with Crippen LogP contribution >= 0.6 is 0 Å². The average molecular weight is 179 g/mol. The molecule has 1 aromatic carbocycles. The SMILES string of the molecule is [CH2]COc1ccc2c(c1)OCCO2. The lowest BCUT2D eigenvalue weighted by atomic mass is 10.3. The predicted octanol–water partition coefficient (Wildman–Crippen LogP) is 1.67. The van der Waals surface area contributed by atoms with E-state index < -0.39 is 0 Å². The van der Waals surface area contributed by atoms with Crippen molar-refractivity contribution in [2.24, 2.45) is 0 Å². The minimum atomic E-state index is 0.416. The van der Waals surface area contributed by atoms with Gasteiger partial charge < -0.3 is 14.2 Å². The van der Waals surface area contributed by atoms with E-state index in [1.807, 2.05) is 18.2 Å². The Balaban J connectivity index is 2.24. The molecule has 0 N–H and O–H groups in total. The number of ether oxygens (including phenoxy) is 3. The van der Waals surface area contributed by atoms with Crippen LogP contribution in [0.5, 0.6) is 17.2 Å². The molecule has 0 aliphatic carbocycles.